The van der Waals surface area contributed by atoms with Gasteiger partial charge in [0.2, 0.25) is 10.0 Å². The summed E-state index contributed by atoms with van der Waals surface area (Å²) in [4.78, 5) is 0. The van der Waals surface area contributed by atoms with E-state index in [-0.39, 0.29) is 5.82 Å². The predicted molar refractivity (Wildman–Crippen MR) is 97.2 cm³/mol. The number of nitrogens with one attached hydrogen (secondary N) is 2. The third kappa shape index (κ3) is 4.47. The second-order valence-electron chi connectivity index (χ2n) is 6.73. The van der Waals surface area contributed by atoms with Crippen molar-refractivity contribution in [1.82, 2.24) is 0 Å². The average Bonchev–Trinajstić information content (AvgIpc) is 2.46. The Bertz CT molecular complexity index is 810. The highest BCUT2D eigenvalue weighted by molar-refractivity contribution is 7.94. The standard InChI is InChI=1S/C18H23FN2O2S/c1-13-11-15(19)7-10-17(13)20-12-14-5-8-16(9-6-14)21-24(22,23)18(2,3)4/h5-11,20-21H,12H2,1-4H3. The molecule has 2 N–H and O–H groups in total. The Balaban J connectivity index is 2.02. The number of halogens is 1. The molecule has 0 spiro atoms. The van der Waals surface area contributed by atoms with Crippen molar-refractivity contribution in [3.63, 3.8) is 0 Å². The van der Waals surface area contributed by atoms with Gasteiger partial charge >= 0.3 is 0 Å². The van der Waals surface area contributed by atoms with Gasteiger partial charge in [-0.2, -0.15) is 0 Å². The molecule has 2 aromatic carbocycles. The topological polar surface area (TPSA) is 58.2 Å². The van der Waals surface area contributed by atoms with Crippen LogP contribution in [0, 0.1) is 12.7 Å². The Morgan fingerprint density at radius 3 is 2.21 bits per heavy atom. The van der Waals surface area contributed by atoms with Crippen LogP contribution in [-0.2, 0) is 16.6 Å². The smallest absolute Gasteiger partial charge is 0.237 e. The SMILES string of the molecule is Cc1cc(F)ccc1NCc1ccc(NS(=O)(=O)C(C)(C)C)cc1. The maximum absolute atomic E-state index is 13.1. The number of aryl methyl sites for hydroxylation is 1. The molecule has 0 fully saturated rings. The Morgan fingerprint density at radius 2 is 1.67 bits per heavy atom. The summed E-state index contributed by atoms with van der Waals surface area (Å²) in [7, 11) is -3.43. The molecule has 2 aromatic rings. The van der Waals surface area contributed by atoms with E-state index in [0.717, 1.165) is 16.8 Å². The van der Waals surface area contributed by atoms with Crippen LogP contribution in [0.4, 0.5) is 15.8 Å². The number of rotatable bonds is 5. The molecule has 0 aromatic heterocycles. The van der Waals surface area contributed by atoms with Crippen molar-refractivity contribution in [2.45, 2.75) is 39.0 Å². The van der Waals surface area contributed by atoms with E-state index >= 15 is 0 Å². The first-order valence-corrected chi connectivity index (χ1v) is 9.18. The van der Waals surface area contributed by atoms with Crippen LogP contribution in [0.25, 0.3) is 0 Å². The van der Waals surface area contributed by atoms with Crippen molar-refractivity contribution in [3.8, 4) is 0 Å². The maximum atomic E-state index is 13.1. The van der Waals surface area contributed by atoms with E-state index in [4.69, 9.17) is 0 Å². The summed E-state index contributed by atoms with van der Waals surface area (Å²) in [6.07, 6.45) is 0. The fraction of sp³-hybridized carbons (Fsp3) is 0.333. The second-order valence-corrected chi connectivity index (χ2v) is 9.16. The molecular weight excluding hydrogens is 327 g/mol. The lowest BCUT2D eigenvalue weighted by Gasteiger charge is -2.20. The summed E-state index contributed by atoms with van der Waals surface area (Å²) in [5.74, 6) is -0.256. The van der Waals surface area contributed by atoms with E-state index in [9.17, 15) is 12.8 Å². The quantitative estimate of drug-likeness (QED) is 0.846. The zero-order valence-electron chi connectivity index (χ0n) is 14.4. The fourth-order valence-corrected chi connectivity index (χ4v) is 2.77. The lowest BCUT2D eigenvalue weighted by Crippen LogP contribution is -2.33. The summed E-state index contributed by atoms with van der Waals surface area (Å²) < 4.78 is 39.1. The Morgan fingerprint density at radius 1 is 1.04 bits per heavy atom. The van der Waals surface area contributed by atoms with Crippen LogP contribution in [0.2, 0.25) is 0 Å². The molecule has 0 bridgehead atoms. The Labute approximate surface area is 143 Å². The maximum Gasteiger partial charge on any atom is 0.237 e. The van der Waals surface area contributed by atoms with Gasteiger partial charge < -0.3 is 5.32 Å². The van der Waals surface area contributed by atoms with Gasteiger partial charge in [-0.1, -0.05) is 12.1 Å². The molecule has 0 aliphatic heterocycles. The molecule has 0 saturated carbocycles. The van der Waals surface area contributed by atoms with Crippen molar-refractivity contribution in [3.05, 3.63) is 59.4 Å². The molecule has 0 amide bonds. The number of hydrogen-bond acceptors (Lipinski definition) is 3. The fourth-order valence-electron chi connectivity index (χ4n) is 2.02. The van der Waals surface area contributed by atoms with Crippen LogP contribution in [-0.4, -0.2) is 13.2 Å². The normalized spacial score (nSPS) is 12.0. The van der Waals surface area contributed by atoms with E-state index in [2.05, 4.69) is 10.0 Å². The van der Waals surface area contributed by atoms with Crippen molar-refractivity contribution in [1.29, 1.82) is 0 Å². The highest BCUT2D eigenvalue weighted by Crippen LogP contribution is 2.21. The number of anilines is 2. The highest BCUT2D eigenvalue weighted by atomic mass is 32.2. The average molecular weight is 350 g/mol. The lowest BCUT2D eigenvalue weighted by atomic mass is 10.1. The van der Waals surface area contributed by atoms with Crippen molar-refractivity contribution in [2.24, 2.45) is 0 Å². The molecule has 130 valence electrons. The van der Waals surface area contributed by atoms with Crippen LogP contribution in [0.1, 0.15) is 31.9 Å². The minimum absolute atomic E-state index is 0.256. The summed E-state index contributed by atoms with van der Waals surface area (Å²) in [5, 5.41) is 3.24. The van der Waals surface area contributed by atoms with E-state index in [1.807, 2.05) is 19.1 Å². The first-order chi connectivity index (χ1) is 11.1. The first-order valence-electron chi connectivity index (χ1n) is 7.70. The Hall–Kier alpha value is -2.08. The third-order valence-corrected chi connectivity index (χ3v) is 5.80. The van der Waals surface area contributed by atoms with E-state index in [0.29, 0.717) is 12.2 Å². The summed E-state index contributed by atoms with van der Waals surface area (Å²) in [6.45, 7) is 7.37. The van der Waals surface area contributed by atoms with E-state index in [1.54, 1.807) is 39.0 Å². The molecule has 24 heavy (non-hydrogen) atoms. The molecule has 2 rings (SSSR count). The molecule has 0 heterocycles. The van der Waals surface area contributed by atoms with Gasteiger partial charge in [0, 0.05) is 17.9 Å². The summed E-state index contributed by atoms with van der Waals surface area (Å²) >= 11 is 0. The molecule has 6 heteroatoms. The number of sulfonamides is 1. The number of benzene rings is 2. The zero-order chi connectivity index (χ0) is 18.0. The van der Waals surface area contributed by atoms with Crippen LogP contribution < -0.4 is 10.0 Å². The molecule has 0 saturated heterocycles. The molecule has 0 aliphatic rings. The molecule has 0 atom stereocenters. The van der Waals surface area contributed by atoms with Crippen molar-refractivity contribution in [2.75, 3.05) is 10.0 Å². The van der Waals surface area contributed by atoms with Gasteiger partial charge in [0.25, 0.3) is 0 Å². The lowest BCUT2D eigenvalue weighted by molar-refractivity contribution is 0.566. The van der Waals surface area contributed by atoms with Gasteiger partial charge in [-0.25, -0.2) is 12.8 Å². The van der Waals surface area contributed by atoms with Crippen LogP contribution in [0.5, 0.6) is 0 Å². The summed E-state index contributed by atoms with van der Waals surface area (Å²) in [5.41, 5.74) is 3.24. The zero-order valence-corrected chi connectivity index (χ0v) is 15.2. The van der Waals surface area contributed by atoms with Crippen LogP contribution in [0.3, 0.4) is 0 Å². The van der Waals surface area contributed by atoms with Crippen molar-refractivity contribution >= 4 is 21.4 Å². The van der Waals surface area contributed by atoms with E-state index in [1.165, 1.54) is 12.1 Å². The molecule has 0 unspecified atom stereocenters. The van der Waals surface area contributed by atoms with Gasteiger partial charge in [-0.05, 0) is 69.2 Å². The van der Waals surface area contributed by atoms with E-state index < -0.39 is 14.8 Å². The first kappa shape index (κ1) is 18.3. The minimum atomic E-state index is -3.43. The largest absolute Gasteiger partial charge is 0.381 e. The van der Waals surface area contributed by atoms with Gasteiger partial charge in [0.1, 0.15) is 5.82 Å². The predicted octanol–water partition coefficient (Wildman–Crippen LogP) is 4.29. The highest BCUT2D eigenvalue weighted by Gasteiger charge is 2.28. The third-order valence-electron chi connectivity index (χ3n) is 3.68. The van der Waals surface area contributed by atoms with Crippen LogP contribution >= 0.6 is 0 Å². The summed E-state index contributed by atoms with van der Waals surface area (Å²) in [6, 6.07) is 11.8. The van der Waals surface area contributed by atoms with Gasteiger partial charge in [0.15, 0.2) is 0 Å². The molecular formula is C18H23FN2O2S. The molecule has 4 nitrogen and oxygen atoms in total. The molecule has 0 aliphatic carbocycles. The van der Waals surface area contributed by atoms with Gasteiger partial charge in [-0.15, -0.1) is 0 Å². The van der Waals surface area contributed by atoms with Gasteiger partial charge in [0.05, 0.1) is 4.75 Å². The molecule has 0 radical (unpaired) electrons. The Kier molecular flexibility index (Phi) is 5.18. The minimum Gasteiger partial charge on any atom is -0.381 e. The second kappa shape index (κ2) is 6.81. The monoisotopic (exact) mass is 350 g/mol. The number of hydrogen-bond donors (Lipinski definition) is 2. The van der Waals surface area contributed by atoms with Crippen LogP contribution in [0.15, 0.2) is 42.5 Å². The van der Waals surface area contributed by atoms with Gasteiger partial charge in [-0.3, -0.25) is 4.72 Å². The van der Waals surface area contributed by atoms with Crippen molar-refractivity contribution < 1.29 is 12.8 Å².